The van der Waals surface area contributed by atoms with Gasteiger partial charge in [-0.3, -0.25) is 4.79 Å². The topological polar surface area (TPSA) is 97.4 Å². The Morgan fingerprint density at radius 3 is 2.15 bits per heavy atom. The van der Waals surface area contributed by atoms with Crippen molar-refractivity contribution in [3.63, 3.8) is 0 Å². The molecule has 9 nitrogen and oxygen atoms in total. The molecule has 1 fully saturated rings. The summed E-state index contributed by atoms with van der Waals surface area (Å²) in [4.78, 5) is 13.7. The molecule has 0 radical (unpaired) electrons. The number of benzene rings is 2. The molecule has 0 aliphatic carbocycles. The molecule has 2 aromatic carbocycles. The Hall–Kier alpha value is -2.96. The maximum absolute atomic E-state index is 14.0. The highest BCUT2D eigenvalue weighted by Crippen LogP contribution is 2.39. The van der Waals surface area contributed by atoms with Gasteiger partial charge in [0, 0.05) is 57.0 Å². The Morgan fingerprint density at radius 2 is 1.59 bits per heavy atom. The minimum atomic E-state index is -4.15. The predicted molar refractivity (Wildman–Crippen MR) is 121 cm³/mol. The van der Waals surface area contributed by atoms with E-state index in [1.54, 1.807) is 12.1 Å². The molecule has 3 rings (SSSR count). The van der Waals surface area contributed by atoms with E-state index in [2.05, 4.69) is 5.32 Å². The Morgan fingerprint density at radius 1 is 0.971 bits per heavy atom. The summed E-state index contributed by atoms with van der Waals surface area (Å²) in [6.07, 6.45) is 0.169. The van der Waals surface area contributed by atoms with E-state index < -0.39 is 26.6 Å². The number of carbonyl (C=O) groups excluding carboxylic acids is 1. The van der Waals surface area contributed by atoms with E-state index in [9.17, 15) is 22.0 Å². The fourth-order valence-corrected chi connectivity index (χ4v) is 5.14. The molecule has 1 saturated heterocycles. The molecular weight excluding hydrogens is 472 g/mol. The first kappa shape index (κ1) is 25.7. The highest BCUT2D eigenvalue weighted by molar-refractivity contribution is 7.89. The molecule has 1 heterocycles. The van der Waals surface area contributed by atoms with Gasteiger partial charge in [-0.15, -0.1) is 0 Å². The van der Waals surface area contributed by atoms with Crippen LogP contribution in [0, 0.1) is 11.6 Å². The smallest absolute Gasteiger partial charge is 0.246 e. The fraction of sp³-hybridized carbons (Fsp3) is 0.409. The molecule has 186 valence electrons. The van der Waals surface area contributed by atoms with Crippen molar-refractivity contribution in [1.29, 1.82) is 0 Å². The van der Waals surface area contributed by atoms with Crippen LogP contribution in [0.1, 0.15) is 6.42 Å². The van der Waals surface area contributed by atoms with E-state index >= 15 is 0 Å². The molecule has 0 saturated carbocycles. The van der Waals surface area contributed by atoms with Gasteiger partial charge in [-0.2, -0.15) is 4.31 Å². The number of nitrogens with one attached hydrogen (secondary N) is 1. The van der Waals surface area contributed by atoms with Crippen LogP contribution in [0.2, 0.25) is 0 Å². The fourth-order valence-electron chi connectivity index (χ4n) is 3.64. The summed E-state index contributed by atoms with van der Waals surface area (Å²) in [6, 6.07) is 5.59. The number of rotatable bonds is 9. The lowest BCUT2D eigenvalue weighted by molar-refractivity contribution is -0.116. The first-order valence-electron chi connectivity index (χ1n) is 10.5. The zero-order valence-electron chi connectivity index (χ0n) is 19.1. The Bertz CT molecular complexity index is 1110. The highest BCUT2D eigenvalue weighted by Gasteiger charge is 2.31. The lowest BCUT2D eigenvalue weighted by Gasteiger charge is -2.33. The third-order valence-electron chi connectivity index (χ3n) is 5.45. The van der Waals surface area contributed by atoms with Crippen LogP contribution in [-0.4, -0.2) is 77.6 Å². The number of hydrogen-bond acceptors (Lipinski definition) is 7. The molecule has 1 N–H and O–H groups in total. The molecule has 0 unspecified atom stereocenters. The van der Waals surface area contributed by atoms with E-state index in [-0.39, 0.29) is 25.4 Å². The molecule has 2 aromatic rings. The summed E-state index contributed by atoms with van der Waals surface area (Å²) in [7, 11) is 0.288. The SMILES string of the molecule is COc1cc(NC(=O)CCN2CCN(S(=O)(=O)c3cc(F)ccc3F)CC2)cc(OC)c1OC. The first-order chi connectivity index (χ1) is 16.2. The highest BCUT2D eigenvalue weighted by atomic mass is 32.2. The second kappa shape index (κ2) is 11.0. The van der Waals surface area contributed by atoms with Crippen LogP contribution in [0.5, 0.6) is 17.2 Å². The summed E-state index contributed by atoms with van der Waals surface area (Å²) >= 11 is 0. The average molecular weight is 500 g/mol. The number of ether oxygens (including phenoxy) is 3. The van der Waals surface area contributed by atoms with Gasteiger partial charge in [-0.05, 0) is 18.2 Å². The molecule has 1 aliphatic heterocycles. The largest absolute Gasteiger partial charge is 0.493 e. The van der Waals surface area contributed by atoms with E-state index in [1.807, 2.05) is 4.90 Å². The number of anilines is 1. The second-order valence-corrected chi connectivity index (χ2v) is 9.44. The molecular formula is C22H27F2N3O6S. The van der Waals surface area contributed by atoms with Crippen LogP contribution in [-0.2, 0) is 14.8 Å². The van der Waals surface area contributed by atoms with Crippen molar-refractivity contribution >= 4 is 21.6 Å². The van der Waals surface area contributed by atoms with Crippen LogP contribution >= 0.6 is 0 Å². The van der Waals surface area contributed by atoms with Gasteiger partial charge >= 0.3 is 0 Å². The summed E-state index contributed by atoms with van der Waals surface area (Å²) < 4.78 is 69.7. The zero-order chi connectivity index (χ0) is 24.9. The predicted octanol–water partition coefficient (Wildman–Crippen LogP) is 2.33. The van der Waals surface area contributed by atoms with Gasteiger partial charge in [0.2, 0.25) is 21.7 Å². The quantitative estimate of drug-likeness (QED) is 0.566. The third-order valence-corrected chi connectivity index (χ3v) is 7.36. The maximum atomic E-state index is 14.0. The molecule has 0 aromatic heterocycles. The minimum Gasteiger partial charge on any atom is -0.493 e. The van der Waals surface area contributed by atoms with Crippen molar-refractivity contribution in [3.8, 4) is 17.2 Å². The lowest BCUT2D eigenvalue weighted by Crippen LogP contribution is -2.49. The standard InChI is InChI=1S/C22H27F2N3O6S/c1-31-18-13-16(14-19(32-2)22(18)33-3)25-21(28)6-7-26-8-10-27(11-9-26)34(29,30)20-12-15(23)4-5-17(20)24/h4-5,12-14H,6-11H2,1-3H3,(H,25,28). The number of hydrogen-bond donors (Lipinski definition) is 1. The van der Waals surface area contributed by atoms with Crippen molar-refractivity contribution in [2.24, 2.45) is 0 Å². The van der Waals surface area contributed by atoms with Crippen molar-refractivity contribution in [3.05, 3.63) is 42.0 Å². The Labute approximate surface area is 197 Å². The van der Waals surface area contributed by atoms with Crippen molar-refractivity contribution in [2.45, 2.75) is 11.3 Å². The molecule has 34 heavy (non-hydrogen) atoms. The van der Waals surface area contributed by atoms with Gasteiger partial charge < -0.3 is 24.4 Å². The van der Waals surface area contributed by atoms with Crippen LogP contribution in [0.4, 0.5) is 14.5 Å². The monoisotopic (exact) mass is 499 g/mol. The van der Waals surface area contributed by atoms with Gasteiger partial charge in [0.25, 0.3) is 0 Å². The summed E-state index contributed by atoms with van der Waals surface area (Å²) in [5.74, 6) is -0.836. The van der Waals surface area contributed by atoms with Crippen molar-refractivity contribution < 1.29 is 36.2 Å². The van der Waals surface area contributed by atoms with E-state index in [0.717, 1.165) is 16.4 Å². The lowest BCUT2D eigenvalue weighted by atomic mass is 10.2. The van der Waals surface area contributed by atoms with Crippen molar-refractivity contribution in [2.75, 3.05) is 59.4 Å². The summed E-state index contributed by atoms with van der Waals surface area (Å²) in [5.41, 5.74) is 0.479. The molecule has 0 spiro atoms. The zero-order valence-corrected chi connectivity index (χ0v) is 20.0. The molecule has 1 amide bonds. The average Bonchev–Trinajstić information content (AvgIpc) is 2.83. The van der Waals surface area contributed by atoms with E-state index in [1.165, 1.54) is 21.3 Å². The minimum absolute atomic E-state index is 0.104. The molecule has 0 bridgehead atoms. The van der Waals surface area contributed by atoms with Crippen LogP contribution in [0.25, 0.3) is 0 Å². The van der Waals surface area contributed by atoms with Gasteiger partial charge in [-0.25, -0.2) is 17.2 Å². The van der Waals surface area contributed by atoms with Crippen LogP contribution in [0.3, 0.4) is 0 Å². The Kier molecular flexibility index (Phi) is 8.28. The van der Waals surface area contributed by atoms with Crippen LogP contribution in [0.15, 0.2) is 35.2 Å². The second-order valence-electron chi connectivity index (χ2n) is 7.53. The van der Waals surface area contributed by atoms with Crippen LogP contribution < -0.4 is 19.5 Å². The normalized spacial score (nSPS) is 15.1. The summed E-state index contributed by atoms with van der Waals surface area (Å²) in [5, 5.41) is 2.78. The number of nitrogens with zero attached hydrogens (tertiary/aromatic N) is 2. The van der Waals surface area contributed by atoms with Gasteiger partial charge in [0.05, 0.1) is 21.3 Å². The number of piperazine rings is 1. The molecule has 12 heteroatoms. The molecule has 0 atom stereocenters. The number of methoxy groups -OCH3 is 3. The van der Waals surface area contributed by atoms with Crippen molar-refractivity contribution in [1.82, 2.24) is 9.21 Å². The van der Waals surface area contributed by atoms with Gasteiger partial charge in [0.1, 0.15) is 16.5 Å². The summed E-state index contributed by atoms with van der Waals surface area (Å²) in [6.45, 7) is 1.32. The van der Waals surface area contributed by atoms with E-state index in [4.69, 9.17) is 14.2 Å². The maximum Gasteiger partial charge on any atom is 0.246 e. The van der Waals surface area contributed by atoms with Gasteiger partial charge in [0.15, 0.2) is 11.5 Å². The Balaban J connectivity index is 1.54. The third kappa shape index (κ3) is 5.75. The number of halogens is 2. The number of carbonyl (C=O) groups is 1. The van der Waals surface area contributed by atoms with Gasteiger partial charge in [-0.1, -0.05) is 0 Å². The van der Waals surface area contributed by atoms with E-state index in [0.29, 0.717) is 48.6 Å². The molecule has 1 aliphatic rings. The number of sulfonamides is 1. The number of amides is 1. The first-order valence-corrected chi connectivity index (χ1v) is 11.9.